The van der Waals surface area contributed by atoms with Gasteiger partial charge in [0, 0.05) is 10.6 Å². The van der Waals surface area contributed by atoms with Crippen molar-refractivity contribution in [1.29, 1.82) is 0 Å². The molecule has 3 aromatic rings. The lowest BCUT2D eigenvalue weighted by Gasteiger charge is -2.15. The molecule has 2 aromatic carbocycles. The first-order chi connectivity index (χ1) is 14.7. The molecule has 1 aliphatic heterocycles. The van der Waals surface area contributed by atoms with Gasteiger partial charge in [0.1, 0.15) is 17.3 Å². The van der Waals surface area contributed by atoms with E-state index in [1.165, 1.54) is 41.7 Å². The summed E-state index contributed by atoms with van der Waals surface area (Å²) in [7, 11) is 0. The molecule has 1 N–H and O–H groups in total. The number of hydrogen-bond donors (Lipinski definition) is 1. The van der Waals surface area contributed by atoms with Gasteiger partial charge in [-0.3, -0.25) is 9.59 Å². The number of imide groups is 1. The zero-order valence-electron chi connectivity index (χ0n) is 15.4. The third-order valence-corrected chi connectivity index (χ3v) is 5.16. The summed E-state index contributed by atoms with van der Waals surface area (Å²) in [6.45, 7) is 0. The van der Waals surface area contributed by atoms with Gasteiger partial charge in [-0.1, -0.05) is 12.1 Å². The van der Waals surface area contributed by atoms with Crippen LogP contribution in [0.4, 0.5) is 28.9 Å². The van der Waals surface area contributed by atoms with Crippen LogP contribution in [0.25, 0.3) is 5.57 Å². The van der Waals surface area contributed by atoms with Crippen molar-refractivity contribution in [3.63, 3.8) is 0 Å². The maximum Gasteiger partial charge on any atom is 0.573 e. The van der Waals surface area contributed by atoms with Crippen LogP contribution < -0.4 is 15.0 Å². The van der Waals surface area contributed by atoms with Crippen molar-refractivity contribution in [2.45, 2.75) is 6.36 Å². The molecule has 4 rings (SSSR count). The molecular weight excluding hydrogens is 436 g/mol. The average Bonchev–Trinajstić information content (AvgIpc) is 3.29. The SMILES string of the molecule is O=C1C(Nc2ccc(OC(F)(F)F)cc2)=C(c2cccs2)C(=O)N1c1cccc(F)c1. The summed E-state index contributed by atoms with van der Waals surface area (Å²) >= 11 is 1.23. The molecule has 2 heterocycles. The van der Waals surface area contributed by atoms with E-state index in [2.05, 4.69) is 10.1 Å². The van der Waals surface area contributed by atoms with Crippen LogP contribution in [0, 0.1) is 5.82 Å². The zero-order valence-corrected chi connectivity index (χ0v) is 16.3. The molecule has 2 amide bonds. The van der Waals surface area contributed by atoms with Gasteiger partial charge >= 0.3 is 6.36 Å². The van der Waals surface area contributed by atoms with E-state index in [9.17, 15) is 27.2 Å². The summed E-state index contributed by atoms with van der Waals surface area (Å²) in [6, 6.07) is 13.1. The summed E-state index contributed by atoms with van der Waals surface area (Å²) < 4.78 is 54.5. The molecule has 158 valence electrons. The largest absolute Gasteiger partial charge is 0.573 e. The summed E-state index contributed by atoms with van der Waals surface area (Å²) in [4.78, 5) is 27.5. The van der Waals surface area contributed by atoms with Crippen LogP contribution in [0.5, 0.6) is 5.75 Å². The Morgan fingerprint density at radius 3 is 2.29 bits per heavy atom. The fraction of sp³-hybridized carbons (Fsp3) is 0.0476. The van der Waals surface area contributed by atoms with Crippen LogP contribution in [-0.4, -0.2) is 18.2 Å². The van der Waals surface area contributed by atoms with Gasteiger partial charge in [-0.05, 0) is 53.9 Å². The standard InChI is InChI=1S/C21H12F4N2O3S/c22-12-3-1-4-14(11-12)27-19(28)17(16-5-2-10-31-16)18(20(27)29)26-13-6-8-15(9-7-13)30-21(23,24)25/h1-11,26H. The normalized spacial score (nSPS) is 14.4. The third-order valence-electron chi connectivity index (χ3n) is 4.28. The quantitative estimate of drug-likeness (QED) is 0.432. The summed E-state index contributed by atoms with van der Waals surface area (Å²) in [6.07, 6.45) is -4.83. The summed E-state index contributed by atoms with van der Waals surface area (Å²) in [5.41, 5.74) is 0.344. The average molecular weight is 448 g/mol. The number of amides is 2. The van der Waals surface area contributed by atoms with Gasteiger partial charge in [-0.2, -0.15) is 0 Å². The number of nitrogens with one attached hydrogen (secondary N) is 1. The zero-order chi connectivity index (χ0) is 22.2. The van der Waals surface area contributed by atoms with Crippen molar-refractivity contribution >= 4 is 40.1 Å². The molecule has 0 saturated carbocycles. The fourth-order valence-corrected chi connectivity index (χ4v) is 3.80. The molecule has 10 heteroatoms. The molecule has 0 saturated heterocycles. The van der Waals surface area contributed by atoms with E-state index < -0.39 is 29.7 Å². The second kappa shape index (κ2) is 7.88. The van der Waals surface area contributed by atoms with Gasteiger partial charge in [0.15, 0.2) is 0 Å². The molecule has 31 heavy (non-hydrogen) atoms. The van der Waals surface area contributed by atoms with Crippen LogP contribution in [-0.2, 0) is 9.59 Å². The second-order valence-electron chi connectivity index (χ2n) is 6.35. The van der Waals surface area contributed by atoms with Crippen molar-refractivity contribution in [3.05, 3.63) is 82.4 Å². The molecule has 0 aliphatic carbocycles. The number of carbonyl (C=O) groups excluding carboxylic acids is 2. The first-order valence-electron chi connectivity index (χ1n) is 8.78. The highest BCUT2D eigenvalue weighted by Gasteiger charge is 2.41. The maximum absolute atomic E-state index is 13.7. The lowest BCUT2D eigenvalue weighted by Crippen LogP contribution is -2.32. The first kappa shape index (κ1) is 20.6. The number of rotatable bonds is 5. The van der Waals surface area contributed by atoms with E-state index in [0.29, 0.717) is 4.88 Å². The first-order valence-corrected chi connectivity index (χ1v) is 9.66. The van der Waals surface area contributed by atoms with E-state index in [4.69, 9.17) is 0 Å². The molecule has 5 nitrogen and oxygen atoms in total. The molecule has 0 unspecified atom stereocenters. The number of alkyl halides is 3. The van der Waals surface area contributed by atoms with Gasteiger partial charge < -0.3 is 10.1 Å². The molecule has 1 aliphatic rings. The predicted molar refractivity (Wildman–Crippen MR) is 107 cm³/mol. The van der Waals surface area contributed by atoms with Crippen LogP contribution in [0.15, 0.2) is 71.7 Å². The van der Waals surface area contributed by atoms with Crippen LogP contribution in [0.2, 0.25) is 0 Å². The highest BCUT2D eigenvalue weighted by molar-refractivity contribution is 7.11. The molecular formula is C21H12F4N2O3S. The van der Waals surface area contributed by atoms with E-state index in [-0.39, 0.29) is 22.6 Å². The van der Waals surface area contributed by atoms with Crippen LogP contribution >= 0.6 is 11.3 Å². The molecule has 0 fully saturated rings. The van der Waals surface area contributed by atoms with E-state index >= 15 is 0 Å². The Hall–Kier alpha value is -3.66. The lowest BCUT2D eigenvalue weighted by atomic mass is 10.2. The number of thiophene rings is 1. The summed E-state index contributed by atoms with van der Waals surface area (Å²) in [5.74, 6) is -2.40. The Balaban J connectivity index is 1.69. The number of nitrogens with zero attached hydrogens (tertiary/aromatic N) is 1. The van der Waals surface area contributed by atoms with Crippen molar-refractivity contribution < 1.29 is 31.9 Å². The Labute approximate surface area is 177 Å². The highest BCUT2D eigenvalue weighted by atomic mass is 32.1. The minimum absolute atomic E-state index is 0.0646. The Bertz CT molecular complexity index is 1170. The number of anilines is 2. The van der Waals surface area contributed by atoms with Gasteiger partial charge in [0.25, 0.3) is 11.8 Å². The lowest BCUT2D eigenvalue weighted by molar-refractivity contribution is -0.274. The highest BCUT2D eigenvalue weighted by Crippen LogP contribution is 2.36. The number of halogens is 4. The van der Waals surface area contributed by atoms with Gasteiger partial charge in [-0.15, -0.1) is 24.5 Å². The molecule has 0 bridgehead atoms. The smallest absolute Gasteiger partial charge is 0.406 e. The molecule has 0 radical (unpaired) electrons. The van der Waals surface area contributed by atoms with Crippen molar-refractivity contribution in [1.82, 2.24) is 0 Å². The third kappa shape index (κ3) is 4.29. The molecule has 0 spiro atoms. The van der Waals surface area contributed by atoms with E-state index in [1.807, 2.05) is 0 Å². The number of benzene rings is 2. The number of ether oxygens (including phenoxy) is 1. The van der Waals surface area contributed by atoms with Crippen molar-refractivity contribution in [3.8, 4) is 5.75 Å². The predicted octanol–water partition coefficient (Wildman–Crippen LogP) is 5.18. The van der Waals surface area contributed by atoms with Gasteiger partial charge in [-0.25, -0.2) is 9.29 Å². The molecule has 1 aromatic heterocycles. The van der Waals surface area contributed by atoms with Crippen LogP contribution in [0.1, 0.15) is 4.88 Å². The van der Waals surface area contributed by atoms with Crippen LogP contribution in [0.3, 0.4) is 0 Å². The Morgan fingerprint density at radius 2 is 1.68 bits per heavy atom. The van der Waals surface area contributed by atoms with Gasteiger partial charge in [0.2, 0.25) is 0 Å². The van der Waals surface area contributed by atoms with E-state index in [0.717, 1.165) is 23.1 Å². The topological polar surface area (TPSA) is 58.6 Å². The van der Waals surface area contributed by atoms with Crippen molar-refractivity contribution in [2.24, 2.45) is 0 Å². The Morgan fingerprint density at radius 1 is 0.935 bits per heavy atom. The second-order valence-corrected chi connectivity index (χ2v) is 7.30. The number of carbonyl (C=O) groups is 2. The molecule has 0 atom stereocenters. The number of hydrogen-bond acceptors (Lipinski definition) is 5. The maximum atomic E-state index is 13.7. The fourth-order valence-electron chi connectivity index (χ4n) is 3.03. The minimum Gasteiger partial charge on any atom is -0.406 e. The Kier molecular flexibility index (Phi) is 5.24. The summed E-state index contributed by atoms with van der Waals surface area (Å²) in [5, 5.41) is 4.54. The van der Waals surface area contributed by atoms with Gasteiger partial charge in [0.05, 0.1) is 11.3 Å². The monoisotopic (exact) mass is 448 g/mol. The minimum atomic E-state index is -4.83. The van der Waals surface area contributed by atoms with Crippen molar-refractivity contribution in [2.75, 3.05) is 10.2 Å². The van der Waals surface area contributed by atoms with E-state index in [1.54, 1.807) is 17.5 Å².